The fourth-order valence-electron chi connectivity index (χ4n) is 2.27. The topological polar surface area (TPSA) is 59.0 Å². The van der Waals surface area contributed by atoms with Crippen LogP contribution in [0.25, 0.3) is 0 Å². The second-order valence-electron chi connectivity index (χ2n) is 4.68. The van der Waals surface area contributed by atoms with Crippen molar-refractivity contribution in [1.82, 2.24) is 4.90 Å². The van der Waals surface area contributed by atoms with Crippen LogP contribution in [0.15, 0.2) is 24.3 Å². The van der Waals surface area contributed by atoms with Crippen molar-refractivity contribution in [2.45, 2.75) is 19.1 Å². The number of carboxylic acid groups (broad SMARTS) is 1. The molecular weight excluding hydrogens is 246 g/mol. The van der Waals surface area contributed by atoms with Gasteiger partial charge in [-0.05, 0) is 17.7 Å². The van der Waals surface area contributed by atoms with E-state index in [1.807, 2.05) is 24.3 Å². The zero-order chi connectivity index (χ0) is 13.7. The summed E-state index contributed by atoms with van der Waals surface area (Å²) < 4.78 is 10.7. The predicted molar refractivity (Wildman–Crippen MR) is 70.3 cm³/mol. The van der Waals surface area contributed by atoms with Gasteiger partial charge in [0.15, 0.2) is 0 Å². The average molecular weight is 265 g/mol. The first kappa shape index (κ1) is 13.8. The second-order valence-corrected chi connectivity index (χ2v) is 4.68. The molecule has 1 saturated heterocycles. The predicted octanol–water partition coefficient (Wildman–Crippen LogP) is 1.37. The lowest BCUT2D eigenvalue weighted by Crippen LogP contribution is -2.42. The van der Waals surface area contributed by atoms with Crippen molar-refractivity contribution < 1.29 is 19.4 Å². The lowest BCUT2D eigenvalue weighted by atomic mass is 10.1. The van der Waals surface area contributed by atoms with E-state index < -0.39 is 5.97 Å². The van der Waals surface area contributed by atoms with E-state index >= 15 is 0 Å². The van der Waals surface area contributed by atoms with Gasteiger partial charge in [-0.25, -0.2) is 0 Å². The Morgan fingerprint density at radius 1 is 1.58 bits per heavy atom. The molecular formula is C14H19NO4. The molecule has 5 heteroatoms. The highest BCUT2D eigenvalue weighted by Crippen LogP contribution is 2.16. The van der Waals surface area contributed by atoms with Crippen LogP contribution < -0.4 is 4.74 Å². The fraction of sp³-hybridized carbons (Fsp3) is 0.500. The number of aliphatic carboxylic acids is 1. The van der Waals surface area contributed by atoms with E-state index in [2.05, 4.69) is 4.90 Å². The van der Waals surface area contributed by atoms with Gasteiger partial charge in [-0.3, -0.25) is 9.69 Å². The van der Waals surface area contributed by atoms with Gasteiger partial charge < -0.3 is 14.6 Å². The summed E-state index contributed by atoms with van der Waals surface area (Å²) in [5, 5.41) is 8.79. The lowest BCUT2D eigenvalue weighted by Gasteiger charge is -2.32. The van der Waals surface area contributed by atoms with E-state index in [0.29, 0.717) is 13.2 Å². The zero-order valence-corrected chi connectivity index (χ0v) is 11.0. The smallest absolute Gasteiger partial charge is 0.306 e. The molecule has 0 aromatic heterocycles. The molecule has 0 spiro atoms. The lowest BCUT2D eigenvalue weighted by molar-refractivity contribution is -0.142. The Morgan fingerprint density at radius 3 is 3.16 bits per heavy atom. The third-order valence-electron chi connectivity index (χ3n) is 3.17. The molecule has 0 bridgehead atoms. The molecule has 1 atom stereocenters. The molecule has 1 aliphatic rings. The van der Waals surface area contributed by atoms with E-state index in [-0.39, 0.29) is 12.5 Å². The molecule has 0 saturated carbocycles. The van der Waals surface area contributed by atoms with Gasteiger partial charge in [-0.15, -0.1) is 0 Å². The van der Waals surface area contributed by atoms with Gasteiger partial charge in [0.25, 0.3) is 0 Å². The van der Waals surface area contributed by atoms with Crippen molar-refractivity contribution in [3.63, 3.8) is 0 Å². The van der Waals surface area contributed by atoms with Gasteiger partial charge in [-0.2, -0.15) is 0 Å². The second kappa shape index (κ2) is 6.54. The number of morpholine rings is 1. The average Bonchev–Trinajstić information content (AvgIpc) is 2.38. The van der Waals surface area contributed by atoms with Crippen LogP contribution in [0.4, 0.5) is 0 Å². The molecule has 1 aromatic rings. The monoisotopic (exact) mass is 265 g/mol. The molecule has 0 aliphatic carbocycles. The van der Waals surface area contributed by atoms with E-state index in [0.717, 1.165) is 24.4 Å². The molecule has 1 fully saturated rings. The van der Waals surface area contributed by atoms with E-state index in [1.165, 1.54) is 0 Å². The van der Waals surface area contributed by atoms with Gasteiger partial charge in [0.2, 0.25) is 0 Å². The number of methoxy groups -OCH3 is 1. The number of nitrogens with zero attached hydrogens (tertiary/aromatic N) is 1. The fourth-order valence-corrected chi connectivity index (χ4v) is 2.27. The maximum Gasteiger partial charge on any atom is 0.306 e. The standard InChI is InChI=1S/C14H19NO4/c1-18-12-4-2-3-11(7-12)9-15-5-6-19-13(10-15)8-14(16)17/h2-4,7,13H,5-6,8-10H2,1H3,(H,16,17). The van der Waals surface area contributed by atoms with Crippen LogP contribution in [0.1, 0.15) is 12.0 Å². The van der Waals surface area contributed by atoms with Crippen molar-refractivity contribution >= 4 is 5.97 Å². The highest BCUT2D eigenvalue weighted by Gasteiger charge is 2.22. The van der Waals surface area contributed by atoms with Crippen LogP contribution in [0.3, 0.4) is 0 Å². The van der Waals surface area contributed by atoms with Crippen molar-refractivity contribution in [1.29, 1.82) is 0 Å². The molecule has 1 aromatic carbocycles. The minimum atomic E-state index is -0.812. The molecule has 104 valence electrons. The highest BCUT2D eigenvalue weighted by atomic mass is 16.5. The Balaban J connectivity index is 1.92. The molecule has 0 amide bonds. The Hall–Kier alpha value is -1.59. The molecule has 1 heterocycles. The van der Waals surface area contributed by atoms with Gasteiger partial charge in [0.1, 0.15) is 5.75 Å². The van der Waals surface area contributed by atoms with Crippen LogP contribution >= 0.6 is 0 Å². The number of benzene rings is 1. The number of rotatable bonds is 5. The summed E-state index contributed by atoms with van der Waals surface area (Å²) in [5.41, 5.74) is 1.16. The summed E-state index contributed by atoms with van der Waals surface area (Å²) >= 11 is 0. The zero-order valence-electron chi connectivity index (χ0n) is 11.0. The van der Waals surface area contributed by atoms with Crippen molar-refractivity contribution in [3.05, 3.63) is 29.8 Å². The normalized spacial score (nSPS) is 20.2. The van der Waals surface area contributed by atoms with Gasteiger partial charge >= 0.3 is 5.97 Å². The Kier molecular flexibility index (Phi) is 4.76. The first-order chi connectivity index (χ1) is 9.17. The van der Waals surface area contributed by atoms with Crippen LogP contribution in [0, 0.1) is 0 Å². The van der Waals surface area contributed by atoms with Crippen LogP contribution in [0.5, 0.6) is 5.75 Å². The molecule has 2 rings (SSSR count). The first-order valence-electron chi connectivity index (χ1n) is 6.36. The SMILES string of the molecule is COc1cccc(CN2CCOC(CC(=O)O)C2)c1. The Labute approximate surface area is 112 Å². The summed E-state index contributed by atoms with van der Waals surface area (Å²) in [7, 11) is 1.65. The Morgan fingerprint density at radius 2 is 2.42 bits per heavy atom. The minimum Gasteiger partial charge on any atom is -0.497 e. The number of carbonyl (C=O) groups is 1. The molecule has 1 unspecified atom stereocenters. The third-order valence-corrected chi connectivity index (χ3v) is 3.17. The maximum absolute atomic E-state index is 10.7. The van der Waals surface area contributed by atoms with Gasteiger partial charge in [-0.1, -0.05) is 12.1 Å². The number of ether oxygens (including phenoxy) is 2. The molecule has 1 aliphatic heterocycles. The highest BCUT2D eigenvalue weighted by molar-refractivity contribution is 5.67. The number of hydrogen-bond acceptors (Lipinski definition) is 4. The summed E-state index contributed by atoms with van der Waals surface area (Å²) in [6, 6.07) is 7.92. The Bertz CT molecular complexity index is 435. The molecule has 1 N–H and O–H groups in total. The van der Waals surface area contributed by atoms with Crippen LogP contribution in [-0.2, 0) is 16.1 Å². The quantitative estimate of drug-likeness (QED) is 0.871. The van der Waals surface area contributed by atoms with E-state index in [4.69, 9.17) is 14.6 Å². The van der Waals surface area contributed by atoms with E-state index in [1.54, 1.807) is 7.11 Å². The van der Waals surface area contributed by atoms with E-state index in [9.17, 15) is 4.79 Å². The summed E-state index contributed by atoms with van der Waals surface area (Å²) in [5.74, 6) is 0.0288. The third kappa shape index (κ3) is 4.22. The van der Waals surface area contributed by atoms with Crippen LogP contribution in [-0.4, -0.2) is 48.9 Å². The first-order valence-corrected chi connectivity index (χ1v) is 6.36. The van der Waals surface area contributed by atoms with Crippen molar-refractivity contribution in [2.75, 3.05) is 26.8 Å². The van der Waals surface area contributed by atoms with Crippen molar-refractivity contribution in [3.8, 4) is 5.75 Å². The van der Waals surface area contributed by atoms with Gasteiger partial charge in [0, 0.05) is 19.6 Å². The van der Waals surface area contributed by atoms with Crippen LogP contribution in [0.2, 0.25) is 0 Å². The maximum atomic E-state index is 10.7. The summed E-state index contributed by atoms with van der Waals surface area (Å²) in [6.45, 7) is 2.86. The molecule has 0 radical (unpaired) electrons. The molecule has 19 heavy (non-hydrogen) atoms. The van der Waals surface area contributed by atoms with Gasteiger partial charge in [0.05, 0.1) is 26.2 Å². The summed E-state index contributed by atoms with van der Waals surface area (Å²) in [6.07, 6.45) is -0.147. The minimum absolute atomic E-state index is 0.0641. The molecule has 5 nitrogen and oxygen atoms in total. The van der Waals surface area contributed by atoms with Crippen molar-refractivity contribution in [2.24, 2.45) is 0 Å². The largest absolute Gasteiger partial charge is 0.497 e. The summed E-state index contributed by atoms with van der Waals surface area (Å²) in [4.78, 5) is 12.9. The number of carboxylic acids is 1. The number of hydrogen-bond donors (Lipinski definition) is 1.